The Kier molecular flexibility index (Phi) is 5.48. The molecule has 1 aliphatic rings. The Morgan fingerprint density at radius 1 is 1.10 bits per heavy atom. The van der Waals surface area contributed by atoms with Crippen LogP contribution in [-0.4, -0.2) is 32.8 Å². The maximum Gasteiger partial charge on any atom is 0.276 e. The van der Waals surface area contributed by atoms with Crippen LogP contribution in [0.1, 0.15) is 47.8 Å². The van der Waals surface area contributed by atoms with Gasteiger partial charge < -0.3 is 9.84 Å². The third-order valence-corrected chi connectivity index (χ3v) is 4.86. The lowest BCUT2D eigenvalue weighted by atomic mass is 9.98. The molecule has 152 valence electrons. The highest BCUT2D eigenvalue weighted by Crippen LogP contribution is 2.35. The van der Waals surface area contributed by atoms with Crippen molar-refractivity contribution in [1.29, 1.82) is 0 Å². The zero-order valence-electron chi connectivity index (χ0n) is 16.9. The molecule has 1 aromatic heterocycles. The number of aromatic nitrogens is 1. The monoisotopic (exact) mass is 401 g/mol. The molecule has 6 heteroatoms. The first-order valence-corrected chi connectivity index (χ1v) is 9.88. The van der Waals surface area contributed by atoms with E-state index < -0.39 is 0 Å². The molecule has 2 aromatic carbocycles. The summed E-state index contributed by atoms with van der Waals surface area (Å²) in [4.78, 5) is 17.2. The average Bonchev–Trinajstić information content (AvgIpc) is 3.20. The van der Waals surface area contributed by atoms with Gasteiger partial charge in [-0.25, -0.2) is 5.01 Å². The van der Waals surface area contributed by atoms with Crippen molar-refractivity contribution in [2.75, 3.05) is 0 Å². The predicted molar refractivity (Wildman–Crippen MR) is 115 cm³/mol. The van der Waals surface area contributed by atoms with Gasteiger partial charge in [0.15, 0.2) is 0 Å². The van der Waals surface area contributed by atoms with E-state index in [0.717, 1.165) is 22.6 Å². The third kappa shape index (κ3) is 4.17. The van der Waals surface area contributed by atoms with Gasteiger partial charge in [-0.1, -0.05) is 12.1 Å². The number of ether oxygens (including phenoxy) is 1. The molecule has 2 heterocycles. The lowest BCUT2D eigenvalue weighted by molar-refractivity contribution is 0.0710. The van der Waals surface area contributed by atoms with Crippen molar-refractivity contribution in [3.05, 3.63) is 89.7 Å². The first kappa shape index (κ1) is 19.6. The SMILES string of the molecule is CC(C)Oc1ccc(C2CC(c3ccc(O)cc3)=NN2C(=O)c2cccnc2)cc1. The molecular formula is C24H23N3O3. The molecule has 3 aromatic rings. The number of hydrazone groups is 1. The van der Waals surface area contributed by atoms with Crippen molar-refractivity contribution in [1.82, 2.24) is 9.99 Å². The van der Waals surface area contributed by atoms with Crippen molar-refractivity contribution < 1.29 is 14.6 Å². The molecule has 0 saturated heterocycles. The second kappa shape index (κ2) is 8.37. The Labute approximate surface area is 175 Å². The maximum absolute atomic E-state index is 13.2. The van der Waals surface area contributed by atoms with Crippen LogP contribution in [0.2, 0.25) is 0 Å². The third-order valence-electron chi connectivity index (χ3n) is 4.86. The molecule has 30 heavy (non-hydrogen) atoms. The fraction of sp³-hybridized carbons (Fsp3) is 0.208. The van der Waals surface area contributed by atoms with Crippen LogP contribution in [0, 0.1) is 0 Å². The number of amides is 1. The molecule has 0 bridgehead atoms. The van der Waals surface area contributed by atoms with E-state index in [1.165, 1.54) is 5.01 Å². The van der Waals surface area contributed by atoms with E-state index in [4.69, 9.17) is 4.74 Å². The van der Waals surface area contributed by atoms with Crippen molar-refractivity contribution in [3.8, 4) is 11.5 Å². The lowest BCUT2D eigenvalue weighted by Crippen LogP contribution is -2.27. The van der Waals surface area contributed by atoms with E-state index in [2.05, 4.69) is 10.1 Å². The number of nitrogens with zero attached hydrogens (tertiary/aromatic N) is 3. The molecule has 0 fully saturated rings. The smallest absolute Gasteiger partial charge is 0.276 e. The Bertz CT molecular complexity index is 1050. The van der Waals surface area contributed by atoms with Crippen LogP contribution in [-0.2, 0) is 0 Å². The van der Waals surface area contributed by atoms with Crippen LogP contribution in [0.25, 0.3) is 0 Å². The number of hydrogen-bond acceptors (Lipinski definition) is 5. The Balaban J connectivity index is 1.67. The summed E-state index contributed by atoms with van der Waals surface area (Å²) in [5.74, 6) is 0.777. The number of aromatic hydroxyl groups is 1. The number of phenolic OH excluding ortho intramolecular Hbond substituents is 1. The summed E-state index contributed by atoms with van der Waals surface area (Å²) in [6.45, 7) is 3.97. The van der Waals surface area contributed by atoms with Crippen molar-refractivity contribution in [2.45, 2.75) is 32.4 Å². The van der Waals surface area contributed by atoms with Gasteiger partial charge in [0.1, 0.15) is 11.5 Å². The molecule has 1 N–H and O–H groups in total. The first-order chi connectivity index (χ1) is 14.5. The number of carbonyl (C=O) groups excluding carboxylic acids is 1. The molecule has 0 radical (unpaired) electrons. The van der Waals surface area contributed by atoms with E-state index >= 15 is 0 Å². The summed E-state index contributed by atoms with van der Waals surface area (Å²) in [5, 5.41) is 15.8. The van der Waals surface area contributed by atoms with E-state index in [9.17, 15) is 9.90 Å². The largest absolute Gasteiger partial charge is 0.508 e. The van der Waals surface area contributed by atoms with Gasteiger partial charge >= 0.3 is 0 Å². The summed E-state index contributed by atoms with van der Waals surface area (Å²) in [6, 6.07) is 17.9. The van der Waals surface area contributed by atoms with Gasteiger partial charge in [0, 0.05) is 18.8 Å². The van der Waals surface area contributed by atoms with Crippen LogP contribution in [0.5, 0.6) is 11.5 Å². The van der Waals surface area contributed by atoms with Gasteiger partial charge in [0.05, 0.1) is 23.4 Å². The highest BCUT2D eigenvalue weighted by atomic mass is 16.5. The fourth-order valence-electron chi connectivity index (χ4n) is 3.45. The van der Waals surface area contributed by atoms with Gasteiger partial charge in [-0.05, 0) is 73.5 Å². The summed E-state index contributed by atoms with van der Waals surface area (Å²) in [6.07, 6.45) is 3.85. The molecule has 1 unspecified atom stereocenters. The minimum absolute atomic E-state index is 0.0930. The van der Waals surface area contributed by atoms with Crippen LogP contribution < -0.4 is 4.74 Å². The summed E-state index contributed by atoms with van der Waals surface area (Å²) in [7, 11) is 0. The number of rotatable bonds is 5. The zero-order valence-corrected chi connectivity index (χ0v) is 16.9. The van der Waals surface area contributed by atoms with Gasteiger partial charge in [-0.15, -0.1) is 0 Å². The molecule has 1 amide bonds. The minimum atomic E-state index is -0.241. The van der Waals surface area contributed by atoms with Crippen LogP contribution in [0.15, 0.2) is 78.2 Å². The van der Waals surface area contributed by atoms with Gasteiger partial charge in [0.25, 0.3) is 5.91 Å². The summed E-state index contributed by atoms with van der Waals surface area (Å²) >= 11 is 0. The highest BCUT2D eigenvalue weighted by Gasteiger charge is 2.33. The number of pyridine rings is 1. The van der Waals surface area contributed by atoms with Gasteiger partial charge in [0.2, 0.25) is 0 Å². The quantitative estimate of drug-likeness (QED) is 0.680. The van der Waals surface area contributed by atoms with E-state index in [0.29, 0.717) is 12.0 Å². The van der Waals surface area contributed by atoms with E-state index in [1.807, 2.05) is 50.2 Å². The number of carbonyl (C=O) groups is 1. The van der Waals surface area contributed by atoms with E-state index in [1.54, 1.807) is 36.7 Å². The fourth-order valence-corrected chi connectivity index (χ4v) is 3.45. The normalized spacial score (nSPS) is 15.9. The predicted octanol–water partition coefficient (Wildman–Crippen LogP) is 4.57. The first-order valence-electron chi connectivity index (χ1n) is 9.88. The van der Waals surface area contributed by atoms with Gasteiger partial charge in [-0.2, -0.15) is 5.10 Å². The molecule has 0 aliphatic carbocycles. The Hall–Kier alpha value is -3.67. The molecule has 0 spiro atoms. The molecule has 1 atom stereocenters. The highest BCUT2D eigenvalue weighted by molar-refractivity contribution is 6.05. The zero-order chi connectivity index (χ0) is 21.1. The molecule has 6 nitrogen and oxygen atoms in total. The molecule has 4 rings (SSSR count). The molecular weight excluding hydrogens is 378 g/mol. The van der Waals surface area contributed by atoms with Crippen LogP contribution in [0.4, 0.5) is 0 Å². The average molecular weight is 401 g/mol. The van der Waals surface area contributed by atoms with E-state index in [-0.39, 0.29) is 23.8 Å². The van der Waals surface area contributed by atoms with Crippen LogP contribution in [0.3, 0.4) is 0 Å². The van der Waals surface area contributed by atoms with Crippen molar-refractivity contribution in [2.24, 2.45) is 5.10 Å². The Morgan fingerprint density at radius 2 is 1.83 bits per heavy atom. The van der Waals surface area contributed by atoms with Gasteiger partial charge in [-0.3, -0.25) is 9.78 Å². The second-order valence-corrected chi connectivity index (χ2v) is 7.44. The maximum atomic E-state index is 13.2. The topological polar surface area (TPSA) is 75.0 Å². The summed E-state index contributed by atoms with van der Waals surface area (Å²) < 4.78 is 5.74. The number of hydrogen-bond donors (Lipinski definition) is 1. The van der Waals surface area contributed by atoms with Crippen molar-refractivity contribution in [3.63, 3.8) is 0 Å². The van der Waals surface area contributed by atoms with Crippen molar-refractivity contribution >= 4 is 11.6 Å². The van der Waals surface area contributed by atoms with Crippen LogP contribution >= 0.6 is 0 Å². The standard InChI is InChI=1S/C24H23N3O3/c1-16(2)30-21-11-7-18(8-12-21)23-14-22(17-5-9-20(28)10-6-17)26-27(23)24(29)19-4-3-13-25-15-19/h3-13,15-16,23,28H,14H2,1-2H3. The summed E-state index contributed by atoms with van der Waals surface area (Å²) in [5.41, 5.74) is 3.12. The number of phenols is 1. The lowest BCUT2D eigenvalue weighted by Gasteiger charge is -2.22. The number of benzene rings is 2. The molecule has 0 saturated carbocycles. The molecule has 1 aliphatic heterocycles. The Morgan fingerprint density at radius 3 is 2.47 bits per heavy atom. The minimum Gasteiger partial charge on any atom is -0.508 e. The second-order valence-electron chi connectivity index (χ2n) is 7.44.